The number of halogens is 2. The van der Waals surface area contributed by atoms with Crippen LogP contribution in [0.2, 0.25) is 0 Å². The van der Waals surface area contributed by atoms with Crippen LogP contribution in [0.3, 0.4) is 0 Å². The Labute approximate surface area is 128 Å². The van der Waals surface area contributed by atoms with Gasteiger partial charge in [-0.3, -0.25) is 0 Å². The van der Waals surface area contributed by atoms with Crippen molar-refractivity contribution >= 4 is 33.6 Å². The van der Waals surface area contributed by atoms with Gasteiger partial charge in [0.25, 0.3) is 0 Å². The molecule has 3 N–H and O–H groups in total. The van der Waals surface area contributed by atoms with E-state index in [1.807, 2.05) is 0 Å². The summed E-state index contributed by atoms with van der Waals surface area (Å²) in [4.78, 5) is 22.4. The summed E-state index contributed by atoms with van der Waals surface area (Å²) in [5, 5.41) is 13.9. The largest absolute Gasteiger partial charge is 0.479 e. The number of carboxylic acids is 1. The maximum Gasteiger partial charge on any atom is 0.332 e. The summed E-state index contributed by atoms with van der Waals surface area (Å²) >= 11 is 3.03. The number of carbonyl (C=O) groups is 2. The fourth-order valence-corrected chi connectivity index (χ4v) is 2.37. The molecule has 0 spiro atoms. The molecule has 0 radical (unpaired) electrons. The maximum atomic E-state index is 13.1. The SMILES string of the molecule is O=C(NCC1CCC(C(=O)O)O1)Nc1ccc(F)c(Br)c1. The Kier molecular flexibility index (Phi) is 5.13. The van der Waals surface area contributed by atoms with Gasteiger partial charge in [-0.25, -0.2) is 14.0 Å². The van der Waals surface area contributed by atoms with E-state index in [0.29, 0.717) is 18.5 Å². The van der Waals surface area contributed by atoms with Gasteiger partial charge in [0, 0.05) is 12.2 Å². The van der Waals surface area contributed by atoms with Gasteiger partial charge in [-0.05, 0) is 47.0 Å². The summed E-state index contributed by atoms with van der Waals surface area (Å²) in [5.74, 6) is -1.40. The standard InChI is InChI=1S/C13H14BrFN2O4/c14-9-5-7(1-3-10(9)15)17-13(20)16-6-8-2-4-11(21-8)12(18)19/h1,3,5,8,11H,2,4,6H2,(H,18,19)(H2,16,17,20). The average molecular weight is 361 g/mol. The number of anilines is 1. The predicted molar refractivity (Wildman–Crippen MR) is 76.7 cm³/mol. The van der Waals surface area contributed by atoms with Crippen molar-refractivity contribution < 1.29 is 23.8 Å². The highest BCUT2D eigenvalue weighted by Gasteiger charge is 2.30. The minimum atomic E-state index is -0.988. The molecule has 1 fully saturated rings. The molecule has 2 amide bonds. The van der Waals surface area contributed by atoms with Crippen LogP contribution in [0.5, 0.6) is 0 Å². The van der Waals surface area contributed by atoms with Crippen molar-refractivity contribution in [2.24, 2.45) is 0 Å². The van der Waals surface area contributed by atoms with Crippen molar-refractivity contribution in [3.63, 3.8) is 0 Å². The van der Waals surface area contributed by atoms with Gasteiger partial charge in [0.2, 0.25) is 0 Å². The quantitative estimate of drug-likeness (QED) is 0.768. The summed E-state index contributed by atoms with van der Waals surface area (Å²) in [7, 11) is 0. The first-order valence-electron chi connectivity index (χ1n) is 6.34. The molecule has 0 aromatic heterocycles. The topological polar surface area (TPSA) is 87.7 Å². The van der Waals surface area contributed by atoms with Crippen molar-refractivity contribution in [2.45, 2.75) is 25.0 Å². The van der Waals surface area contributed by atoms with E-state index in [4.69, 9.17) is 9.84 Å². The molecule has 2 unspecified atom stereocenters. The number of urea groups is 1. The lowest BCUT2D eigenvalue weighted by Crippen LogP contribution is -2.35. The van der Waals surface area contributed by atoms with Crippen LogP contribution in [0.1, 0.15) is 12.8 Å². The predicted octanol–water partition coefficient (Wildman–Crippen LogP) is 2.34. The van der Waals surface area contributed by atoms with Crippen molar-refractivity contribution in [3.05, 3.63) is 28.5 Å². The molecule has 21 heavy (non-hydrogen) atoms. The Morgan fingerprint density at radius 2 is 2.19 bits per heavy atom. The number of benzene rings is 1. The zero-order valence-corrected chi connectivity index (χ0v) is 12.5. The first kappa shape index (κ1) is 15.7. The van der Waals surface area contributed by atoms with Crippen LogP contribution in [-0.4, -0.2) is 35.9 Å². The monoisotopic (exact) mass is 360 g/mol. The zero-order valence-electron chi connectivity index (χ0n) is 10.9. The molecule has 1 heterocycles. The van der Waals surface area contributed by atoms with Crippen LogP contribution in [-0.2, 0) is 9.53 Å². The second kappa shape index (κ2) is 6.86. The first-order chi connectivity index (χ1) is 9.95. The van der Waals surface area contributed by atoms with E-state index in [0.717, 1.165) is 0 Å². The van der Waals surface area contributed by atoms with Gasteiger partial charge in [-0.1, -0.05) is 0 Å². The first-order valence-corrected chi connectivity index (χ1v) is 7.13. The fourth-order valence-electron chi connectivity index (χ4n) is 1.99. The van der Waals surface area contributed by atoms with Crippen molar-refractivity contribution in [3.8, 4) is 0 Å². The van der Waals surface area contributed by atoms with E-state index in [1.54, 1.807) is 0 Å². The summed E-state index contributed by atoms with van der Waals surface area (Å²) in [6, 6.07) is 3.65. The average Bonchev–Trinajstić information content (AvgIpc) is 2.90. The Morgan fingerprint density at radius 1 is 1.43 bits per heavy atom. The van der Waals surface area contributed by atoms with E-state index in [-0.39, 0.29) is 17.1 Å². The number of aliphatic carboxylic acids is 1. The van der Waals surface area contributed by atoms with Gasteiger partial charge < -0.3 is 20.5 Å². The Morgan fingerprint density at radius 3 is 2.81 bits per heavy atom. The van der Waals surface area contributed by atoms with E-state index >= 15 is 0 Å². The third-order valence-electron chi connectivity index (χ3n) is 3.05. The van der Waals surface area contributed by atoms with Crippen molar-refractivity contribution in [2.75, 3.05) is 11.9 Å². The maximum absolute atomic E-state index is 13.1. The highest BCUT2D eigenvalue weighted by atomic mass is 79.9. The van der Waals surface area contributed by atoms with Crippen molar-refractivity contribution in [1.82, 2.24) is 5.32 Å². The highest BCUT2D eigenvalue weighted by Crippen LogP contribution is 2.20. The molecule has 0 bridgehead atoms. The Bertz CT molecular complexity index is 555. The van der Waals surface area contributed by atoms with Crippen LogP contribution in [0.4, 0.5) is 14.9 Å². The molecule has 8 heteroatoms. The lowest BCUT2D eigenvalue weighted by atomic mass is 10.2. The molecule has 2 rings (SSSR count). The Hall–Kier alpha value is -1.67. The highest BCUT2D eigenvalue weighted by molar-refractivity contribution is 9.10. The van der Waals surface area contributed by atoms with Crippen LogP contribution in [0, 0.1) is 5.82 Å². The molecule has 6 nitrogen and oxygen atoms in total. The molecular weight excluding hydrogens is 347 g/mol. The number of carboxylic acid groups (broad SMARTS) is 1. The normalized spacial score (nSPS) is 21.0. The second-order valence-corrected chi connectivity index (χ2v) is 5.48. The van der Waals surface area contributed by atoms with Crippen molar-refractivity contribution in [1.29, 1.82) is 0 Å². The molecule has 1 aromatic rings. The van der Waals surface area contributed by atoms with Gasteiger partial charge in [0.15, 0.2) is 6.10 Å². The lowest BCUT2D eigenvalue weighted by Gasteiger charge is -2.13. The molecule has 1 saturated heterocycles. The number of carbonyl (C=O) groups excluding carboxylic acids is 1. The second-order valence-electron chi connectivity index (χ2n) is 4.63. The van der Waals surface area contributed by atoms with E-state index < -0.39 is 23.9 Å². The summed E-state index contributed by atoms with van der Waals surface area (Å²) in [6.07, 6.45) is -0.0854. The van der Waals surface area contributed by atoms with Gasteiger partial charge in [-0.15, -0.1) is 0 Å². The summed E-state index contributed by atoms with van der Waals surface area (Å²) in [5.41, 5.74) is 0.441. The zero-order chi connectivity index (χ0) is 15.4. The lowest BCUT2D eigenvalue weighted by molar-refractivity contribution is -0.149. The van der Waals surface area contributed by atoms with Crippen LogP contribution in [0.15, 0.2) is 22.7 Å². The van der Waals surface area contributed by atoms with Gasteiger partial charge in [0.05, 0.1) is 10.6 Å². The number of ether oxygens (including phenoxy) is 1. The number of amides is 2. The summed E-state index contributed by atoms with van der Waals surface area (Å²) in [6.45, 7) is 0.220. The van der Waals surface area contributed by atoms with Crippen LogP contribution >= 0.6 is 15.9 Å². The Balaban J connectivity index is 1.77. The molecule has 1 aliphatic rings. The van der Waals surface area contributed by atoms with Gasteiger partial charge in [-0.2, -0.15) is 0 Å². The van der Waals surface area contributed by atoms with Gasteiger partial charge in [0.1, 0.15) is 5.82 Å². The third-order valence-corrected chi connectivity index (χ3v) is 3.66. The van der Waals surface area contributed by atoms with E-state index in [1.165, 1.54) is 18.2 Å². The molecule has 1 aromatic carbocycles. The molecule has 0 saturated carbocycles. The fraction of sp³-hybridized carbons (Fsp3) is 0.385. The smallest absolute Gasteiger partial charge is 0.332 e. The van der Waals surface area contributed by atoms with Crippen LogP contribution < -0.4 is 10.6 Å². The molecule has 0 aliphatic carbocycles. The molecule has 114 valence electrons. The molecular formula is C13H14BrFN2O4. The molecule has 1 aliphatic heterocycles. The minimum Gasteiger partial charge on any atom is -0.479 e. The third kappa shape index (κ3) is 4.40. The molecule has 2 atom stereocenters. The summed E-state index contributed by atoms with van der Waals surface area (Å²) < 4.78 is 18.6. The number of hydrogen-bond donors (Lipinski definition) is 3. The van der Waals surface area contributed by atoms with E-state index in [9.17, 15) is 14.0 Å². The number of rotatable bonds is 4. The minimum absolute atomic E-state index is 0.220. The van der Waals surface area contributed by atoms with Crippen LogP contribution in [0.25, 0.3) is 0 Å². The number of hydrogen-bond acceptors (Lipinski definition) is 3. The number of nitrogens with one attached hydrogen (secondary N) is 2. The van der Waals surface area contributed by atoms with Gasteiger partial charge >= 0.3 is 12.0 Å². The van der Waals surface area contributed by atoms with E-state index in [2.05, 4.69) is 26.6 Å².